The second-order valence-electron chi connectivity index (χ2n) is 4.94. The molecule has 0 spiro atoms. The third-order valence-electron chi connectivity index (χ3n) is 3.41. The summed E-state index contributed by atoms with van der Waals surface area (Å²) in [7, 11) is 0. The lowest BCUT2D eigenvalue weighted by molar-refractivity contribution is 0.845. The van der Waals surface area contributed by atoms with E-state index in [0.717, 1.165) is 45.7 Å². The van der Waals surface area contributed by atoms with Crippen molar-refractivity contribution in [2.45, 2.75) is 26.7 Å². The van der Waals surface area contributed by atoms with Crippen molar-refractivity contribution >= 4 is 21.9 Å². The molecule has 0 unspecified atom stereocenters. The molecule has 21 heavy (non-hydrogen) atoms. The Morgan fingerprint density at radius 1 is 1.24 bits per heavy atom. The zero-order valence-electron chi connectivity index (χ0n) is 11.8. The highest BCUT2D eigenvalue weighted by molar-refractivity contribution is 7.16. The average molecular weight is 298 g/mol. The monoisotopic (exact) mass is 298 g/mol. The van der Waals surface area contributed by atoms with Crippen molar-refractivity contribution in [1.82, 2.24) is 29.2 Å². The third kappa shape index (κ3) is 1.84. The topological polar surface area (TPSA) is 60.4 Å². The van der Waals surface area contributed by atoms with E-state index in [2.05, 4.69) is 27.2 Å². The second-order valence-corrected chi connectivity index (χ2v) is 5.98. The molecule has 0 aromatic carbocycles. The van der Waals surface area contributed by atoms with E-state index in [4.69, 9.17) is 0 Å². The van der Waals surface area contributed by atoms with E-state index in [9.17, 15) is 0 Å². The number of nitrogens with zero attached hydrogens (tertiary/aromatic N) is 6. The molecule has 0 bridgehead atoms. The Kier molecular flexibility index (Phi) is 2.75. The first kappa shape index (κ1) is 12.5. The van der Waals surface area contributed by atoms with Crippen molar-refractivity contribution in [3.8, 4) is 11.5 Å². The summed E-state index contributed by atoms with van der Waals surface area (Å²) in [6.45, 7) is 4.14. The lowest BCUT2D eigenvalue weighted by Gasteiger charge is -1.99. The molecule has 0 fully saturated rings. The second kappa shape index (κ2) is 4.63. The quantitative estimate of drug-likeness (QED) is 0.583. The summed E-state index contributed by atoms with van der Waals surface area (Å²) in [5.74, 6) is 0.750. The van der Waals surface area contributed by atoms with Gasteiger partial charge in [-0.2, -0.15) is 9.61 Å². The van der Waals surface area contributed by atoms with Gasteiger partial charge in [0, 0.05) is 12.6 Å². The van der Waals surface area contributed by atoms with Gasteiger partial charge in [0.1, 0.15) is 16.3 Å². The first-order valence-electron chi connectivity index (χ1n) is 6.93. The molecule has 0 aliphatic rings. The lowest BCUT2D eigenvalue weighted by atomic mass is 10.3. The molecule has 0 saturated carbocycles. The fourth-order valence-corrected chi connectivity index (χ4v) is 3.44. The van der Waals surface area contributed by atoms with Crippen LogP contribution < -0.4 is 0 Å². The number of hydrogen-bond donors (Lipinski definition) is 0. The fraction of sp³-hybridized carbons (Fsp3) is 0.286. The molecular formula is C14H14N6S. The minimum atomic E-state index is 0.750. The number of hydrogen-bond acceptors (Lipinski definition) is 5. The van der Waals surface area contributed by atoms with E-state index in [1.54, 1.807) is 11.3 Å². The van der Waals surface area contributed by atoms with Gasteiger partial charge in [-0.1, -0.05) is 24.3 Å². The van der Waals surface area contributed by atoms with Crippen LogP contribution in [0.15, 0.2) is 24.4 Å². The van der Waals surface area contributed by atoms with Crippen molar-refractivity contribution in [2.75, 3.05) is 0 Å². The molecule has 0 radical (unpaired) electrons. The van der Waals surface area contributed by atoms with E-state index >= 15 is 0 Å². The number of aromatic nitrogens is 6. The Morgan fingerprint density at radius 2 is 2.14 bits per heavy atom. The van der Waals surface area contributed by atoms with Crippen molar-refractivity contribution < 1.29 is 0 Å². The van der Waals surface area contributed by atoms with Gasteiger partial charge < -0.3 is 0 Å². The molecule has 4 heterocycles. The lowest BCUT2D eigenvalue weighted by Crippen LogP contribution is -1.97. The summed E-state index contributed by atoms with van der Waals surface area (Å²) in [6, 6.07) is 5.95. The van der Waals surface area contributed by atoms with E-state index in [1.807, 2.05) is 40.2 Å². The molecule has 4 aromatic rings. The number of imidazole rings is 1. The molecule has 0 aliphatic heterocycles. The van der Waals surface area contributed by atoms with Gasteiger partial charge in [0.2, 0.25) is 10.8 Å². The van der Waals surface area contributed by atoms with Crippen LogP contribution in [0.5, 0.6) is 0 Å². The normalized spacial score (nSPS) is 11.7. The van der Waals surface area contributed by atoms with Crippen LogP contribution in [0.4, 0.5) is 0 Å². The van der Waals surface area contributed by atoms with Gasteiger partial charge in [0.05, 0.1) is 5.69 Å². The average Bonchev–Trinajstić information content (AvgIpc) is 3.11. The number of rotatable bonds is 3. The first-order valence-corrected chi connectivity index (χ1v) is 7.74. The third-order valence-corrected chi connectivity index (χ3v) is 4.37. The smallest absolute Gasteiger partial charge is 0.235 e. The van der Waals surface area contributed by atoms with Crippen molar-refractivity contribution in [3.05, 3.63) is 35.1 Å². The highest BCUT2D eigenvalue weighted by atomic mass is 32.1. The minimum Gasteiger partial charge on any atom is -0.297 e. The van der Waals surface area contributed by atoms with Gasteiger partial charge >= 0.3 is 0 Å². The molecule has 4 rings (SSSR count). The van der Waals surface area contributed by atoms with Crippen LogP contribution in [0.2, 0.25) is 0 Å². The molecule has 0 N–H and O–H groups in total. The molecule has 0 atom stereocenters. The predicted molar refractivity (Wildman–Crippen MR) is 81.6 cm³/mol. The van der Waals surface area contributed by atoms with Gasteiger partial charge in [-0.3, -0.25) is 4.40 Å². The van der Waals surface area contributed by atoms with Crippen LogP contribution in [0, 0.1) is 6.92 Å². The predicted octanol–water partition coefficient (Wildman–Crippen LogP) is 2.76. The largest absolute Gasteiger partial charge is 0.297 e. The Balaban J connectivity index is 1.97. The van der Waals surface area contributed by atoms with E-state index < -0.39 is 0 Å². The zero-order chi connectivity index (χ0) is 14.4. The van der Waals surface area contributed by atoms with Crippen LogP contribution in [-0.2, 0) is 6.42 Å². The number of pyridine rings is 1. The van der Waals surface area contributed by atoms with Crippen molar-refractivity contribution in [3.63, 3.8) is 0 Å². The first-order chi connectivity index (χ1) is 10.3. The van der Waals surface area contributed by atoms with Gasteiger partial charge in [0.25, 0.3) is 0 Å². The van der Waals surface area contributed by atoms with Crippen LogP contribution >= 0.6 is 11.3 Å². The Morgan fingerprint density at radius 3 is 3.00 bits per heavy atom. The molecule has 7 heteroatoms. The minimum absolute atomic E-state index is 0.750. The highest BCUT2D eigenvalue weighted by Crippen LogP contribution is 2.25. The molecule has 6 nitrogen and oxygen atoms in total. The van der Waals surface area contributed by atoms with Gasteiger partial charge in [0.15, 0.2) is 0 Å². The molecular weight excluding hydrogens is 284 g/mol. The van der Waals surface area contributed by atoms with E-state index in [-0.39, 0.29) is 0 Å². The van der Waals surface area contributed by atoms with Crippen molar-refractivity contribution in [1.29, 1.82) is 0 Å². The molecule has 0 amide bonds. The zero-order valence-corrected chi connectivity index (χ0v) is 12.6. The highest BCUT2D eigenvalue weighted by Gasteiger charge is 2.19. The summed E-state index contributed by atoms with van der Waals surface area (Å²) in [6.07, 6.45) is 4.04. The SMILES string of the molecule is CCCc1nn2c(-c3c(C)nc4ccccn34)nnc2s1. The summed E-state index contributed by atoms with van der Waals surface area (Å²) in [5, 5.41) is 14.3. The van der Waals surface area contributed by atoms with Crippen molar-refractivity contribution in [2.24, 2.45) is 0 Å². The molecule has 0 aliphatic carbocycles. The maximum atomic E-state index is 4.64. The van der Waals surface area contributed by atoms with Crippen LogP contribution in [0.1, 0.15) is 24.0 Å². The summed E-state index contributed by atoms with van der Waals surface area (Å²) in [5.41, 5.74) is 2.79. The Bertz CT molecular complexity index is 932. The molecule has 106 valence electrons. The summed E-state index contributed by atoms with van der Waals surface area (Å²) >= 11 is 1.60. The summed E-state index contributed by atoms with van der Waals surface area (Å²) < 4.78 is 3.86. The van der Waals surface area contributed by atoms with E-state index in [1.165, 1.54) is 0 Å². The fourth-order valence-electron chi connectivity index (χ4n) is 2.50. The Labute approximate surface area is 125 Å². The maximum absolute atomic E-state index is 4.64. The van der Waals surface area contributed by atoms with Crippen LogP contribution in [0.3, 0.4) is 0 Å². The maximum Gasteiger partial charge on any atom is 0.235 e. The molecule has 4 aromatic heterocycles. The standard InChI is InChI=1S/C14H14N6S/c1-3-6-11-18-20-13(16-17-14(20)21-11)12-9(2)15-10-7-4-5-8-19(10)12/h4-5,7-8H,3,6H2,1-2H3. The Hall–Kier alpha value is -2.28. The molecule has 0 saturated heterocycles. The van der Waals surface area contributed by atoms with Crippen LogP contribution in [-0.4, -0.2) is 29.2 Å². The van der Waals surface area contributed by atoms with Gasteiger partial charge in [-0.25, -0.2) is 4.98 Å². The van der Waals surface area contributed by atoms with Gasteiger partial charge in [-0.05, 0) is 25.5 Å². The summed E-state index contributed by atoms with van der Waals surface area (Å²) in [4.78, 5) is 5.41. The number of fused-ring (bicyclic) bond motifs is 2. The number of aryl methyl sites for hydroxylation is 2. The van der Waals surface area contributed by atoms with E-state index in [0.29, 0.717) is 0 Å². The van der Waals surface area contributed by atoms with Gasteiger partial charge in [-0.15, -0.1) is 10.2 Å². The van der Waals surface area contributed by atoms with Crippen LogP contribution in [0.25, 0.3) is 22.1 Å².